The SMILES string of the molecule is CC(C)(C)Oc1cccc(OC(C)(C)C)c1C(O)C(F)(F)F. The average Bonchev–Trinajstić information content (AvgIpc) is 2.22. The Morgan fingerprint density at radius 2 is 1.23 bits per heavy atom. The first-order valence-corrected chi connectivity index (χ1v) is 6.96. The number of benzene rings is 1. The van der Waals surface area contributed by atoms with E-state index in [2.05, 4.69) is 0 Å². The minimum Gasteiger partial charge on any atom is -0.488 e. The van der Waals surface area contributed by atoms with E-state index in [1.807, 2.05) is 0 Å². The van der Waals surface area contributed by atoms with Crippen LogP contribution in [0.2, 0.25) is 0 Å². The third kappa shape index (κ3) is 5.40. The summed E-state index contributed by atoms with van der Waals surface area (Å²) in [6.45, 7) is 10.3. The van der Waals surface area contributed by atoms with Crippen molar-refractivity contribution in [1.29, 1.82) is 0 Å². The van der Waals surface area contributed by atoms with E-state index in [-0.39, 0.29) is 11.5 Å². The molecule has 6 heteroatoms. The van der Waals surface area contributed by atoms with Crippen molar-refractivity contribution >= 4 is 0 Å². The predicted molar refractivity (Wildman–Crippen MR) is 78.2 cm³/mol. The van der Waals surface area contributed by atoms with Crippen molar-refractivity contribution in [3.8, 4) is 11.5 Å². The van der Waals surface area contributed by atoms with Crippen LogP contribution in [0.25, 0.3) is 0 Å². The van der Waals surface area contributed by atoms with E-state index in [9.17, 15) is 18.3 Å². The summed E-state index contributed by atoms with van der Waals surface area (Å²) < 4.78 is 50.1. The molecular formula is C16H23F3O3. The molecule has 0 bridgehead atoms. The van der Waals surface area contributed by atoms with E-state index in [1.54, 1.807) is 41.5 Å². The summed E-state index contributed by atoms with van der Waals surface area (Å²) in [6, 6.07) is 4.32. The Morgan fingerprint density at radius 1 is 0.864 bits per heavy atom. The number of hydrogen-bond donors (Lipinski definition) is 1. The number of rotatable bonds is 3. The molecule has 1 atom stereocenters. The Bertz CT molecular complexity index is 477. The van der Waals surface area contributed by atoms with Gasteiger partial charge in [0.05, 0.1) is 5.56 Å². The molecule has 0 aromatic heterocycles. The smallest absolute Gasteiger partial charge is 0.418 e. The summed E-state index contributed by atoms with van der Waals surface area (Å²) in [5.74, 6) is -0.0850. The van der Waals surface area contributed by atoms with E-state index >= 15 is 0 Å². The van der Waals surface area contributed by atoms with Crippen molar-refractivity contribution in [2.24, 2.45) is 0 Å². The first-order chi connectivity index (χ1) is 9.71. The lowest BCUT2D eigenvalue weighted by Gasteiger charge is -2.29. The zero-order valence-corrected chi connectivity index (χ0v) is 13.7. The monoisotopic (exact) mass is 320 g/mol. The van der Waals surface area contributed by atoms with E-state index in [1.165, 1.54) is 18.2 Å². The maximum atomic E-state index is 13.0. The molecule has 0 fully saturated rings. The van der Waals surface area contributed by atoms with Gasteiger partial charge in [0, 0.05) is 0 Å². The molecule has 126 valence electrons. The fraction of sp³-hybridized carbons (Fsp3) is 0.625. The largest absolute Gasteiger partial charge is 0.488 e. The third-order valence-corrected chi connectivity index (χ3v) is 2.44. The van der Waals surface area contributed by atoms with Gasteiger partial charge >= 0.3 is 6.18 Å². The Morgan fingerprint density at radius 3 is 1.50 bits per heavy atom. The van der Waals surface area contributed by atoms with Crippen LogP contribution in [-0.2, 0) is 0 Å². The summed E-state index contributed by atoms with van der Waals surface area (Å²) in [5, 5.41) is 9.73. The summed E-state index contributed by atoms with van der Waals surface area (Å²) in [7, 11) is 0. The Hall–Kier alpha value is -1.43. The van der Waals surface area contributed by atoms with Crippen molar-refractivity contribution < 1.29 is 27.8 Å². The molecule has 0 saturated carbocycles. The van der Waals surface area contributed by atoms with Crippen LogP contribution in [0, 0.1) is 0 Å². The molecule has 0 heterocycles. The highest BCUT2D eigenvalue weighted by Crippen LogP contribution is 2.43. The maximum Gasteiger partial charge on any atom is 0.418 e. The third-order valence-electron chi connectivity index (χ3n) is 2.44. The second kappa shape index (κ2) is 5.99. The molecule has 3 nitrogen and oxygen atoms in total. The second-order valence-corrected chi connectivity index (χ2v) is 7.04. The van der Waals surface area contributed by atoms with Crippen molar-refractivity contribution in [2.45, 2.75) is 65.0 Å². The van der Waals surface area contributed by atoms with Crippen molar-refractivity contribution in [3.05, 3.63) is 23.8 Å². The summed E-state index contributed by atoms with van der Waals surface area (Å²) in [5.41, 5.74) is -1.82. The minimum atomic E-state index is -4.81. The van der Waals surface area contributed by atoms with E-state index in [4.69, 9.17) is 9.47 Å². The topological polar surface area (TPSA) is 38.7 Å². The van der Waals surface area contributed by atoms with Crippen LogP contribution in [-0.4, -0.2) is 22.5 Å². The molecule has 22 heavy (non-hydrogen) atoms. The second-order valence-electron chi connectivity index (χ2n) is 7.04. The molecule has 1 rings (SSSR count). The number of alkyl halides is 3. The Balaban J connectivity index is 3.42. The molecular weight excluding hydrogens is 297 g/mol. The molecule has 0 radical (unpaired) electrons. The quantitative estimate of drug-likeness (QED) is 0.882. The van der Waals surface area contributed by atoms with Gasteiger partial charge in [-0.25, -0.2) is 0 Å². The van der Waals surface area contributed by atoms with Crippen molar-refractivity contribution in [2.75, 3.05) is 0 Å². The molecule has 1 unspecified atom stereocenters. The van der Waals surface area contributed by atoms with Crippen LogP contribution in [0.3, 0.4) is 0 Å². The molecule has 0 aliphatic rings. The van der Waals surface area contributed by atoms with Crippen LogP contribution in [0.5, 0.6) is 11.5 Å². The predicted octanol–water partition coefficient (Wildman–Crippen LogP) is 4.64. The van der Waals surface area contributed by atoms with Gasteiger partial charge in [-0.1, -0.05) is 6.07 Å². The van der Waals surface area contributed by atoms with Gasteiger partial charge < -0.3 is 14.6 Å². The van der Waals surface area contributed by atoms with Gasteiger partial charge in [0.25, 0.3) is 0 Å². The average molecular weight is 320 g/mol. The van der Waals surface area contributed by atoms with Gasteiger partial charge in [-0.3, -0.25) is 0 Å². The summed E-state index contributed by atoms with van der Waals surface area (Å²) in [6.07, 6.45) is -7.49. The molecule has 1 aromatic carbocycles. The number of ether oxygens (including phenoxy) is 2. The summed E-state index contributed by atoms with van der Waals surface area (Å²) >= 11 is 0. The van der Waals surface area contributed by atoms with Crippen molar-refractivity contribution in [1.82, 2.24) is 0 Å². The van der Waals surface area contributed by atoms with Gasteiger partial charge in [-0.15, -0.1) is 0 Å². The van der Waals surface area contributed by atoms with Gasteiger partial charge in [0.2, 0.25) is 0 Å². The highest BCUT2D eigenvalue weighted by molar-refractivity contribution is 5.47. The van der Waals surface area contributed by atoms with Gasteiger partial charge in [-0.05, 0) is 53.7 Å². The van der Waals surface area contributed by atoms with Crippen LogP contribution in [0.1, 0.15) is 53.2 Å². The Labute approximate surface area is 129 Å². The lowest BCUT2D eigenvalue weighted by atomic mass is 10.0. The van der Waals surface area contributed by atoms with E-state index in [0.29, 0.717) is 0 Å². The lowest BCUT2D eigenvalue weighted by molar-refractivity contribution is -0.208. The molecule has 0 amide bonds. The number of aliphatic hydroxyl groups is 1. The molecule has 0 saturated heterocycles. The van der Waals surface area contributed by atoms with Gasteiger partial charge in [0.15, 0.2) is 6.10 Å². The van der Waals surface area contributed by atoms with Gasteiger partial charge in [0.1, 0.15) is 22.7 Å². The van der Waals surface area contributed by atoms with Crippen LogP contribution < -0.4 is 9.47 Å². The normalized spacial score (nSPS) is 14.6. The highest BCUT2D eigenvalue weighted by Gasteiger charge is 2.43. The molecule has 1 aromatic rings. The standard InChI is InChI=1S/C16H23F3O3/c1-14(2,3)21-10-8-7-9-11(22-15(4,5)6)12(10)13(20)16(17,18)19/h7-9,13,20H,1-6H3. The van der Waals surface area contributed by atoms with Crippen LogP contribution in [0.4, 0.5) is 13.2 Å². The van der Waals surface area contributed by atoms with E-state index < -0.39 is 29.0 Å². The first-order valence-electron chi connectivity index (χ1n) is 6.96. The molecule has 0 aliphatic heterocycles. The minimum absolute atomic E-state index is 0.0425. The maximum absolute atomic E-state index is 13.0. The highest BCUT2D eigenvalue weighted by atomic mass is 19.4. The molecule has 1 N–H and O–H groups in total. The first kappa shape index (κ1) is 18.6. The molecule has 0 spiro atoms. The number of halogens is 3. The van der Waals surface area contributed by atoms with E-state index in [0.717, 1.165) is 0 Å². The lowest BCUT2D eigenvalue weighted by Crippen LogP contribution is -2.29. The zero-order chi connectivity index (χ0) is 17.3. The van der Waals surface area contributed by atoms with Crippen molar-refractivity contribution in [3.63, 3.8) is 0 Å². The molecule has 0 aliphatic carbocycles. The van der Waals surface area contributed by atoms with Crippen LogP contribution in [0.15, 0.2) is 18.2 Å². The fourth-order valence-corrected chi connectivity index (χ4v) is 1.79. The van der Waals surface area contributed by atoms with Crippen LogP contribution >= 0.6 is 0 Å². The Kier molecular flexibility index (Phi) is 5.07. The number of hydrogen-bond acceptors (Lipinski definition) is 3. The number of aliphatic hydroxyl groups excluding tert-OH is 1. The van der Waals surface area contributed by atoms with Gasteiger partial charge in [-0.2, -0.15) is 13.2 Å². The zero-order valence-electron chi connectivity index (χ0n) is 13.7. The fourth-order valence-electron chi connectivity index (χ4n) is 1.79. The summed E-state index contributed by atoms with van der Waals surface area (Å²) in [4.78, 5) is 0.